The highest BCUT2D eigenvalue weighted by Crippen LogP contribution is 2.25. The minimum absolute atomic E-state index is 0.758. The van der Waals surface area contributed by atoms with E-state index in [1.165, 1.54) is 4.88 Å². The molecule has 84 valence electrons. The monoisotopic (exact) mass is 271 g/mol. The highest BCUT2D eigenvalue weighted by molar-refractivity contribution is 7.16. The Labute approximate surface area is 109 Å². The fourth-order valence-corrected chi connectivity index (χ4v) is 2.80. The second-order valence-corrected chi connectivity index (χ2v) is 5.78. The lowest BCUT2D eigenvalue weighted by Crippen LogP contribution is -2.15. The molecular formula is C12H11Cl2NS. The smallest absolute Gasteiger partial charge is 0.0931 e. The van der Waals surface area contributed by atoms with Crippen LogP contribution in [0.5, 0.6) is 0 Å². The Morgan fingerprint density at radius 1 is 1.19 bits per heavy atom. The molecule has 0 aliphatic heterocycles. The Morgan fingerprint density at radius 3 is 2.62 bits per heavy atom. The number of anilines is 1. The topological polar surface area (TPSA) is 3.24 Å². The molecule has 0 saturated carbocycles. The van der Waals surface area contributed by atoms with Crippen molar-refractivity contribution in [3.05, 3.63) is 50.6 Å². The maximum Gasteiger partial charge on any atom is 0.0931 e. The van der Waals surface area contributed by atoms with Gasteiger partial charge in [0.25, 0.3) is 0 Å². The number of hydrogen-bond donors (Lipinski definition) is 0. The zero-order valence-electron chi connectivity index (χ0n) is 8.78. The van der Waals surface area contributed by atoms with Crippen LogP contribution >= 0.6 is 34.5 Å². The molecule has 0 unspecified atom stereocenters. The predicted molar refractivity (Wildman–Crippen MR) is 72.9 cm³/mol. The predicted octanol–water partition coefficient (Wildman–Crippen LogP) is 4.69. The molecule has 1 heterocycles. The summed E-state index contributed by atoms with van der Waals surface area (Å²) in [5.41, 5.74) is 1.11. The summed E-state index contributed by atoms with van der Waals surface area (Å²) in [5, 5.41) is 0.758. The molecule has 0 spiro atoms. The maximum atomic E-state index is 5.95. The van der Waals surface area contributed by atoms with Gasteiger partial charge in [-0.05, 0) is 30.3 Å². The molecule has 0 fully saturated rings. The van der Waals surface area contributed by atoms with E-state index in [0.717, 1.165) is 21.6 Å². The minimum Gasteiger partial charge on any atom is -0.369 e. The van der Waals surface area contributed by atoms with Gasteiger partial charge in [0.15, 0.2) is 0 Å². The van der Waals surface area contributed by atoms with Crippen LogP contribution in [0.3, 0.4) is 0 Å². The van der Waals surface area contributed by atoms with Crippen molar-refractivity contribution in [2.45, 2.75) is 6.54 Å². The number of thiophene rings is 1. The van der Waals surface area contributed by atoms with Crippen LogP contribution in [0.15, 0.2) is 36.4 Å². The van der Waals surface area contributed by atoms with Gasteiger partial charge in [0.2, 0.25) is 0 Å². The zero-order chi connectivity index (χ0) is 11.5. The van der Waals surface area contributed by atoms with Crippen LogP contribution in [-0.2, 0) is 6.54 Å². The molecule has 2 rings (SSSR count). The van der Waals surface area contributed by atoms with Crippen molar-refractivity contribution in [2.24, 2.45) is 0 Å². The van der Waals surface area contributed by atoms with Crippen molar-refractivity contribution < 1.29 is 0 Å². The van der Waals surface area contributed by atoms with Gasteiger partial charge >= 0.3 is 0 Å². The van der Waals surface area contributed by atoms with Crippen molar-refractivity contribution in [2.75, 3.05) is 11.9 Å². The molecule has 0 atom stereocenters. The molecule has 16 heavy (non-hydrogen) atoms. The van der Waals surface area contributed by atoms with Gasteiger partial charge < -0.3 is 4.90 Å². The summed E-state index contributed by atoms with van der Waals surface area (Å²) in [6.07, 6.45) is 0. The molecular weight excluding hydrogens is 261 g/mol. The summed E-state index contributed by atoms with van der Waals surface area (Å²) in [4.78, 5) is 3.39. The quantitative estimate of drug-likeness (QED) is 0.783. The lowest BCUT2D eigenvalue weighted by molar-refractivity contribution is 0.940. The second kappa shape index (κ2) is 5.09. The number of rotatable bonds is 3. The Morgan fingerprint density at radius 2 is 2.00 bits per heavy atom. The molecule has 0 aliphatic carbocycles. The SMILES string of the molecule is CN(Cc1ccc(Cl)s1)c1cccc(Cl)c1. The first-order chi connectivity index (χ1) is 7.65. The fraction of sp³-hybridized carbons (Fsp3) is 0.167. The maximum absolute atomic E-state index is 5.95. The molecule has 1 aromatic heterocycles. The molecule has 2 aromatic rings. The lowest BCUT2D eigenvalue weighted by Gasteiger charge is -2.18. The van der Waals surface area contributed by atoms with E-state index in [1.54, 1.807) is 11.3 Å². The Hall–Kier alpha value is -0.700. The molecule has 1 nitrogen and oxygen atoms in total. The van der Waals surface area contributed by atoms with E-state index in [1.807, 2.05) is 43.4 Å². The summed E-state index contributed by atoms with van der Waals surface area (Å²) >= 11 is 13.5. The van der Waals surface area contributed by atoms with E-state index in [2.05, 4.69) is 4.90 Å². The Balaban J connectivity index is 2.11. The van der Waals surface area contributed by atoms with Gasteiger partial charge in [-0.25, -0.2) is 0 Å². The third-order valence-electron chi connectivity index (χ3n) is 2.27. The van der Waals surface area contributed by atoms with E-state index in [9.17, 15) is 0 Å². The largest absolute Gasteiger partial charge is 0.369 e. The molecule has 0 aliphatic rings. The third-order valence-corrected chi connectivity index (χ3v) is 3.72. The van der Waals surface area contributed by atoms with Crippen LogP contribution < -0.4 is 4.90 Å². The van der Waals surface area contributed by atoms with Crippen LogP contribution in [0.4, 0.5) is 5.69 Å². The van der Waals surface area contributed by atoms with Crippen LogP contribution in [-0.4, -0.2) is 7.05 Å². The highest BCUT2D eigenvalue weighted by Gasteiger charge is 2.04. The van der Waals surface area contributed by atoms with Gasteiger partial charge in [0.1, 0.15) is 0 Å². The number of benzene rings is 1. The molecule has 0 N–H and O–H groups in total. The van der Waals surface area contributed by atoms with Crippen LogP contribution in [0.1, 0.15) is 4.88 Å². The average Bonchev–Trinajstić information content (AvgIpc) is 2.64. The standard InChI is InChI=1S/C12H11Cl2NS/c1-15(8-11-5-6-12(14)16-11)10-4-2-3-9(13)7-10/h2-7H,8H2,1H3. The first-order valence-corrected chi connectivity index (χ1v) is 6.43. The average molecular weight is 272 g/mol. The normalized spacial score (nSPS) is 10.4. The summed E-state index contributed by atoms with van der Waals surface area (Å²) < 4.78 is 0.828. The number of hydrogen-bond acceptors (Lipinski definition) is 2. The first kappa shape index (κ1) is 11.8. The summed E-state index contributed by atoms with van der Waals surface area (Å²) in [6.45, 7) is 0.845. The Bertz CT molecular complexity index is 481. The highest BCUT2D eigenvalue weighted by atomic mass is 35.5. The van der Waals surface area contributed by atoms with E-state index in [4.69, 9.17) is 23.2 Å². The van der Waals surface area contributed by atoms with E-state index >= 15 is 0 Å². The number of nitrogens with zero attached hydrogens (tertiary/aromatic N) is 1. The molecule has 0 amide bonds. The number of halogens is 2. The lowest BCUT2D eigenvalue weighted by atomic mass is 10.3. The van der Waals surface area contributed by atoms with Gasteiger partial charge in [-0.3, -0.25) is 0 Å². The van der Waals surface area contributed by atoms with Crippen LogP contribution in [0.2, 0.25) is 9.36 Å². The van der Waals surface area contributed by atoms with E-state index < -0.39 is 0 Å². The van der Waals surface area contributed by atoms with Crippen molar-refractivity contribution in [1.29, 1.82) is 0 Å². The summed E-state index contributed by atoms with van der Waals surface area (Å²) in [6, 6.07) is 11.8. The zero-order valence-corrected chi connectivity index (χ0v) is 11.1. The van der Waals surface area contributed by atoms with E-state index in [0.29, 0.717) is 0 Å². The second-order valence-electron chi connectivity index (χ2n) is 3.54. The third kappa shape index (κ3) is 2.91. The van der Waals surface area contributed by atoms with Crippen molar-refractivity contribution >= 4 is 40.2 Å². The molecule has 0 saturated heterocycles. The van der Waals surface area contributed by atoms with Crippen molar-refractivity contribution in [1.82, 2.24) is 0 Å². The van der Waals surface area contributed by atoms with Gasteiger partial charge in [0.05, 0.1) is 10.9 Å². The van der Waals surface area contributed by atoms with Gasteiger partial charge in [0, 0.05) is 22.6 Å². The van der Waals surface area contributed by atoms with Crippen molar-refractivity contribution in [3.8, 4) is 0 Å². The van der Waals surface area contributed by atoms with Gasteiger partial charge in [-0.15, -0.1) is 11.3 Å². The minimum atomic E-state index is 0.758. The first-order valence-electron chi connectivity index (χ1n) is 4.86. The van der Waals surface area contributed by atoms with Gasteiger partial charge in [-0.1, -0.05) is 29.3 Å². The molecule has 0 bridgehead atoms. The van der Waals surface area contributed by atoms with Gasteiger partial charge in [-0.2, -0.15) is 0 Å². The molecule has 0 radical (unpaired) electrons. The Kier molecular flexibility index (Phi) is 3.74. The fourth-order valence-electron chi connectivity index (χ4n) is 1.48. The van der Waals surface area contributed by atoms with Crippen molar-refractivity contribution in [3.63, 3.8) is 0 Å². The molecule has 1 aromatic carbocycles. The summed E-state index contributed by atoms with van der Waals surface area (Å²) in [7, 11) is 2.04. The molecule has 4 heteroatoms. The van der Waals surface area contributed by atoms with Crippen LogP contribution in [0.25, 0.3) is 0 Å². The van der Waals surface area contributed by atoms with Crippen LogP contribution in [0, 0.1) is 0 Å². The van der Waals surface area contributed by atoms with E-state index in [-0.39, 0.29) is 0 Å². The summed E-state index contributed by atoms with van der Waals surface area (Å²) in [5.74, 6) is 0.